The topological polar surface area (TPSA) is 24.9 Å². The van der Waals surface area contributed by atoms with Gasteiger partial charge in [0.2, 0.25) is 0 Å². The fraction of sp³-hybridized carbons (Fsp3) is 0.615. The summed E-state index contributed by atoms with van der Waals surface area (Å²) in [6.45, 7) is 4.53. The van der Waals surface area contributed by atoms with Crippen LogP contribution in [0.2, 0.25) is 0 Å². The Kier molecular flexibility index (Phi) is 3.73. The standard InChI is InChI=1S/C13H20N2/c1-11-3-2-4-13(11)10-15-9-12-5-7-14-8-6-12/h5-8,11,13,15H,2-4,9-10H2,1H3. The second kappa shape index (κ2) is 5.26. The Hall–Kier alpha value is -0.890. The minimum Gasteiger partial charge on any atom is -0.312 e. The molecule has 1 aromatic rings. The van der Waals surface area contributed by atoms with Crippen molar-refractivity contribution in [3.63, 3.8) is 0 Å². The molecule has 0 spiro atoms. The van der Waals surface area contributed by atoms with E-state index in [9.17, 15) is 0 Å². The number of hydrogen-bond donors (Lipinski definition) is 1. The molecule has 82 valence electrons. The van der Waals surface area contributed by atoms with Crippen molar-refractivity contribution >= 4 is 0 Å². The largest absolute Gasteiger partial charge is 0.312 e. The number of nitrogens with one attached hydrogen (secondary N) is 1. The van der Waals surface area contributed by atoms with Crippen molar-refractivity contribution in [2.24, 2.45) is 11.8 Å². The molecule has 1 fully saturated rings. The van der Waals surface area contributed by atoms with Crippen molar-refractivity contribution < 1.29 is 0 Å². The van der Waals surface area contributed by atoms with E-state index in [2.05, 4.69) is 29.4 Å². The number of pyridine rings is 1. The van der Waals surface area contributed by atoms with Crippen LogP contribution in [0.4, 0.5) is 0 Å². The van der Waals surface area contributed by atoms with Gasteiger partial charge in [0.25, 0.3) is 0 Å². The molecular formula is C13H20N2. The Labute approximate surface area is 92.1 Å². The van der Waals surface area contributed by atoms with E-state index in [0.717, 1.165) is 18.4 Å². The molecule has 1 aliphatic rings. The van der Waals surface area contributed by atoms with Gasteiger partial charge >= 0.3 is 0 Å². The maximum Gasteiger partial charge on any atom is 0.0271 e. The van der Waals surface area contributed by atoms with Crippen LogP contribution in [0.25, 0.3) is 0 Å². The molecule has 1 heterocycles. The highest BCUT2D eigenvalue weighted by Crippen LogP contribution is 2.30. The Morgan fingerprint density at radius 2 is 2.13 bits per heavy atom. The van der Waals surface area contributed by atoms with Gasteiger partial charge in [-0.1, -0.05) is 19.8 Å². The zero-order valence-corrected chi connectivity index (χ0v) is 9.45. The van der Waals surface area contributed by atoms with Gasteiger partial charge in [0.15, 0.2) is 0 Å². The molecule has 2 heteroatoms. The lowest BCUT2D eigenvalue weighted by atomic mass is 9.98. The van der Waals surface area contributed by atoms with E-state index in [4.69, 9.17) is 0 Å². The first-order chi connectivity index (χ1) is 7.36. The average Bonchev–Trinajstić information content (AvgIpc) is 2.66. The molecule has 0 aliphatic heterocycles. The lowest BCUT2D eigenvalue weighted by Crippen LogP contribution is -2.23. The Morgan fingerprint density at radius 1 is 1.33 bits per heavy atom. The molecular weight excluding hydrogens is 184 g/mol. The number of aromatic nitrogens is 1. The fourth-order valence-corrected chi connectivity index (χ4v) is 2.43. The van der Waals surface area contributed by atoms with E-state index in [1.165, 1.54) is 31.4 Å². The minimum absolute atomic E-state index is 0.895. The van der Waals surface area contributed by atoms with Gasteiger partial charge < -0.3 is 5.32 Å². The SMILES string of the molecule is CC1CCCC1CNCc1ccncc1. The van der Waals surface area contributed by atoms with Crippen LogP contribution in [0, 0.1) is 11.8 Å². The second-order valence-electron chi connectivity index (χ2n) is 4.65. The molecule has 0 amide bonds. The molecule has 0 saturated heterocycles. The van der Waals surface area contributed by atoms with E-state index in [-0.39, 0.29) is 0 Å². The molecule has 2 rings (SSSR count). The van der Waals surface area contributed by atoms with Crippen LogP contribution in [0.3, 0.4) is 0 Å². The predicted molar refractivity (Wildman–Crippen MR) is 62.4 cm³/mol. The minimum atomic E-state index is 0.895. The van der Waals surface area contributed by atoms with Crippen molar-refractivity contribution in [2.45, 2.75) is 32.7 Å². The summed E-state index contributed by atoms with van der Waals surface area (Å²) in [6.07, 6.45) is 7.96. The maximum atomic E-state index is 4.02. The Balaban J connectivity index is 1.71. The monoisotopic (exact) mass is 204 g/mol. The van der Waals surface area contributed by atoms with Gasteiger partial charge in [-0.25, -0.2) is 0 Å². The zero-order chi connectivity index (χ0) is 10.5. The zero-order valence-electron chi connectivity index (χ0n) is 9.45. The van der Waals surface area contributed by atoms with Crippen LogP contribution in [-0.4, -0.2) is 11.5 Å². The molecule has 0 bridgehead atoms. The van der Waals surface area contributed by atoms with Gasteiger partial charge in [-0.05, 0) is 42.5 Å². The van der Waals surface area contributed by atoms with Crippen LogP contribution >= 0.6 is 0 Å². The third-order valence-corrected chi connectivity index (χ3v) is 3.52. The lowest BCUT2D eigenvalue weighted by Gasteiger charge is -2.15. The number of rotatable bonds is 4. The van der Waals surface area contributed by atoms with Gasteiger partial charge in [-0.2, -0.15) is 0 Å². The Bertz CT molecular complexity index is 284. The summed E-state index contributed by atoms with van der Waals surface area (Å²) in [5.41, 5.74) is 1.33. The average molecular weight is 204 g/mol. The van der Waals surface area contributed by atoms with Crippen LogP contribution in [0.5, 0.6) is 0 Å². The fourth-order valence-electron chi connectivity index (χ4n) is 2.43. The quantitative estimate of drug-likeness (QED) is 0.815. The summed E-state index contributed by atoms with van der Waals surface area (Å²) in [7, 11) is 0. The Morgan fingerprint density at radius 3 is 2.80 bits per heavy atom. The number of hydrogen-bond acceptors (Lipinski definition) is 2. The normalized spacial score (nSPS) is 25.7. The molecule has 2 nitrogen and oxygen atoms in total. The van der Waals surface area contributed by atoms with Gasteiger partial charge in [-0.3, -0.25) is 4.98 Å². The molecule has 0 aromatic carbocycles. The van der Waals surface area contributed by atoms with Crippen LogP contribution < -0.4 is 5.32 Å². The summed E-state index contributed by atoms with van der Waals surface area (Å²) in [5, 5.41) is 3.55. The highest BCUT2D eigenvalue weighted by Gasteiger charge is 2.22. The molecule has 1 N–H and O–H groups in total. The third kappa shape index (κ3) is 3.03. The van der Waals surface area contributed by atoms with Crippen molar-refractivity contribution in [2.75, 3.05) is 6.54 Å². The molecule has 1 saturated carbocycles. The number of nitrogens with zero attached hydrogens (tertiary/aromatic N) is 1. The van der Waals surface area contributed by atoms with Gasteiger partial charge in [0, 0.05) is 18.9 Å². The van der Waals surface area contributed by atoms with Gasteiger partial charge in [-0.15, -0.1) is 0 Å². The van der Waals surface area contributed by atoms with Crippen molar-refractivity contribution in [3.8, 4) is 0 Å². The smallest absolute Gasteiger partial charge is 0.0271 e. The summed E-state index contributed by atoms with van der Waals surface area (Å²) >= 11 is 0. The van der Waals surface area contributed by atoms with E-state index < -0.39 is 0 Å². The highest BCUT2D eigenvalue weighted by atomic mass is 14.9. The van der Waals surface area contributed by atoms with Gasteiger partial charge in [0.05, 0.1) is 0 Å². The first kappa shape index (κ1) is 10.6. The molecule has 1 aliphatic carbocycles. The molecule has 2 unspecified atom stereocenters. The lowest BCUT2D eigenvalue weighted by molar-refractivity contribution is 0.392. The molecule has 0 radical (unpaired) electrons. The first-order valence-corrected chi connectivity index (χ1v) is 5.96. The first-order valence-electron chi connectivity index (χ1n) is 5.96. The molecule has 1 aromatic heterocycles. The summed E-state index contributed by atoms with van der Waals surface area (Å²) in [5.74, 6) is 1.81. The molecule has 15 heavy (non-hydrogen) atoms. The highest BCUT2D eigenvalue weighted by molar-refractivity contribution is 5.08. The van der Waals surface area contributed by atoms with Crippen molar-refractivity contribution in [3.05, 3.63) is 30.1 Å². The summed E-state index contributed by atoms with van der Waals surface area (Å²) < 4.78 is 0. The van der Waals surface area contributed by atoms with E-state index in [0.29, 0.717) is 0 Å². The van der Waals surface area contributed by atoms with E-state index in [1.54, 1.807) is 0 Å². The van der Waals surface area contributed by atoms with E-state index in [1.807, 2.05) is 12.4 Å². The molecule has 2 atom stereocenters. The van der Waals surface area contributed by atoms with E-state index >= 15 is 0 Å². The van der Waals surface area contributed by atoms with Crippen LogP contribution in [-0.2, 0) is 6.54 Å². The maximum absolute atomic E-state index is 4.02. The summed E-state index contributed by atoms with van der Waals surface area (Å²) in [6, 6.07) is 4.15. The van der Waals surface area contributed by atoms with Gasteiger partial charge in [0.1, 0.15) is 0 Å². The third-order valence-electron chi connectivity index (χ3n) is 3.52. The summed E-state index contributed by atoms with van der Waals surface area (Å²) in [4.78, 5) is 4.02. The van der Waals surface area contributed by atoms with Crippen LogP contribution in [0.15, 0.2) is 24.5 Å². The second-order valence-corrected chi connectivity index (χ2v) is 4.65. The predicted octanol–water partition coefficient (Wildman–Crippen LogP) is 2.61. The van der Waals surface area contributed by atoms with Crippen molar-refractivity contribution in [1.82, 2.24) is 10.3 Å². The van der Waals surface area contributed by atoms with Crippen molar-refractivity contribution in [1.29, 1.82) is 0 Å². The van der Waals surface area contributed by atoms with Crippen LogP contribution in [0.1, 0.15) is 31.7 Å².